The van der Waals surface area contributed by atoms with Gasteiger partial charge in [0, 0.05) is 0 Å². The number of hydrogen-bond donors (Lipinski definition) is 1. The first-order chi connectivity index (χ1) is 10.0. The van der Waals surface area contributed by atoms with Crippen LogP contribution < -0.4 is 4.74 Å². The predicted molar refractivity (Wildman–Crippen MR) is 71.7 cm³/mol. The highest BCUT2D eigenvalue weighted by Crippen LogP contribution is 2.50. The molecule has 1 atom stereocenters. The summed E-state index contributed by atoms with van der Waals surface area (Å²) >= 11 is 11.3. The van der Waals surface area contributed by atoms with E-state index in [-0.39, 0.29) is 5.02 Å². The average Bonchev–Trinajstić information content (AvgIpc) is 2.42. The molecule has 0 aromatic heterocycles. The number of halogens is 6. The maximum atomic E-state index is 14.0. The lowest BCUT2D eigenvalue weighted by atomic mass is 9.85. The van der Waals surface area contributed by atoms with E-state index in [9.17, 15) is 22.4 Å². The Morgan fingerprint density at radius 2 is 1.95 bits per heavy atom. The molecule has 9 heteroatoms. The molecule has 1 aliphatic rings. The molecule has 1 N–H and O–H groups in total. The number of aliphatic carboxylic acids is 1. The SMILES string of the molecule is CCC1(C(F)(F)F)Oc2c(Cl)cc(Cl)c(F)c2C=C1C(=O)O. The third-order valence-corrected chi connectivity index (χ3v) is 3.90. The molecule has 22 heavy (non-hydrogen) atoms. The number of carbonyl (C=O) groups is 1. The summed E-state index contributed by atoms with van der Waals surface area (Å²) < 4.78 is 59.1. The number of benzene rings is 1. The second-order valence-electron chi connectivity index (χ2n) is 4.54. The summed E-state index contributed by atoms with van der Waals surface area (Å²) in [6, 6.07) is 0.897. The first-order valence-electron chi connectivity index (χ1n) is 5.94. The summed E-state index contributed by atoms with van der Waals surface area (Å²) in [6.07, 6.45) is -5.21. The van der Waals surface area contributed by atoms with Crippen molar-refractivity contribution in [3.8, 4) is 5.75 Å². The van der Waals surface area contributed by atoms with Crippen LogP contribution in [0.3, 0.4) is 0 Å². The molecule has 0 bridgehead atoms. The summed E-state index contributed by atoms with van der Waals surface area (Å²) in [6.45, 7) is 1.11. The fraction of sp³-hybridized carbons (Fsp3) is 0.308. The van der Waals surface area contributed by atoms with Crippen LogP contribution >= 0.6 is 23.2 Å². The van der Waals surface area contributed by atoms with Gasteiger partial charge < -0.3 is 9.84 Å². The monoisotopic (exact) mass is 358 g/mol. The number of carboxylic acid groups (broad SMARTS) is 1. The molecule has 1 aliphatic heterocycles. The number of ether oxygens (including phenoxy) is 1. The van der Waals surface area contributed by atoms with Crippen LogP contribution in [-0.4, -0.2) is 22.9 Å². The summed E-state index contributed by atoms with van der Waals surface area (Å²) in [5.41, 5.74) is -4.77. The van der Waals surface area contributed by atoms with Crippen LogP contribution in [0.15, 0.2) is 11.6 Å². The second kappa shape index (κ2) is 5.31. The molecule has 0 fully saturated rings. The zero-order valence-corrected chi connectivity index (χ0v) is 12.4. The topological polar surface area (TPSA) is 46.5 Å². The smallest absolute Gasteiger partial charge is 0.432 e. The van der Waals surface area contributed by atoms with Gasteiger partial charge in [0.05, 0.1) is 21.2 Å². The van der Waals surface area contributed by atoms with Gasteiger partial charge in [-0.2, -0.15) is 13.2 Å². The van der Waals surface area contributed by atoms with Crippen molar-refractivity contribution < 1.29 is 32.2 Å². The van der Waals surface area contributed by atoms with Crippen molar-refractivity contribution in [1.82, 2.24) is 0 Å². The van der Waals surface area contributed by atoms with Gasteiger partial charge in [-0.15, -0.1) is 0 Å². The Kier molecular flexibility index (Phi) is 4.08. The highest BCUT2D eigenvalue weighted by Gasteiger charge is 2.62. The van der Waals surface area contributed by atoms with Crippen LogP contribution in [0.5, 0.6) is 5.75 Å². The van der Waals surface area contributed by atoms with Crippen molar-refractivity contribution in [2.75, 3.05) is 0 Å². The predicted octanol–water partition coefficient (Wildman–Crippen LogP) is 4.70. The molecule has 2 rings (SSSR count). The minimum Gasteiger partial charge on any atom is -0.478 e. The molecule has 0 amide bonds. The van der Waals surface area contributed by atoms with E-state index in [4.69, 9.17) is 33.0 Å². The number of fused-ring (bicyclic) bond motifs is 1. The zero-order chi connectivity index (χ0) is 16.9. The van der Waals surface area contributed by atoms with Crippen LogP contribution in [0.2, 0.25) is 10.0 Å². The van der Waals surface area contributed by atoms with E-state index in [2.05, 4.69) is 0 Å². The lowest BCUT2D eigenvalue weighted by molar-refractivity contribution is -0.236. The molecular formula is C13H8Cl2F4O3. The molecule has 120 valence electrons. The van der Waals surface area contributed by atoms with E-state index in [1.165, 1.54) is 0 Å². The molecule has 0 spiro atoms. The summed E-state index contributed by atoms with van der Waals surface area (Å²) in [5.74, 6) is -3.57. The van der Waals surface area contributed by atoms with Gasteiger partial charge in [-0.1, -0.05) is 30.1 Å². The van der Waals surface area contributed by atoms with Crippen molar-refractivity contribution >= 4 is 35.2 Å². The minimum atomic E-state index is -5.04. The first-order valence-corrected chi connectivity index (χ1v) is 6.69. The Labute approximate surface area is 132 Å². The molecule has 1 unspecified atom stereocenters. The Bertz CT molecular complexity index is 685. The molecule has 1 aromatic carbocycles. The van der Waals surface area contributed by atoms with E-state index in [0.717, 1.165) is 13.0 Å². The summed E-state index contributed by atoms with van der Waals surface area (Å²) in [4.78, 5) is 11.2. The van der Waals surface area contributed by atoms with Gasteiger partial charge in [0.15, 0.2) is 5.82 Å². The number of alkyl halides is 3. The van der Waals surface area contributed by atoms with Crippen molar-refractivity contribution in [3.05, 3.63) is 33.1 Å². The van der Waals surface area contributed by atoms with Gasteiger partial charge in [-0.25, -0.2) is 9.18 Å². The Balaban J connectivity index is 2.83. The van der Waals surface area contributed by atoms with E-state index in [0.29, 0.717) is 6.08 Å². The molecular weight excluding hydrogens is 351 g/mol. The minimum absolute atomic E-state index is 0.343. The Morgan fingerprint density at radius 1 is 1.36 bits per heavy atom. The van der Waals surface area contributed by atoms with E-state index in [1.54, 1.807) is 0 Å². The van der Waals surface area contributed by atoms with Gasteiger partial charge in [0.2, 0.25) is 5.60 Å². The van der Waals surface area contributed by atoms with E-state index >= 15 is 0 Å². The largest absolute Gasteiger partial charge is 0.478 e. The van der Waals surface area contributed by atoms with Crippen molar-refractivity contribution in [3.63, 3.8) is 0 Å². The van der Waals surface area contributed by atoms with E-state index < -0.39 is 51.9 Å². The second-order valence-corrected chi connectivity index (χ2v) is 5.35. The highest BCUT2D eigenvalue weighted by molar-refractivity contribution is 6.36. The third-order valence-electron chi connectivity index (χ3n) is 3.35. The highest BCUT2D eigenvalue weighted by atomic mass is 35.5. The molecule has 0 radical (unpaired) electrons. The van der Waals surface area contributed by atoms with Crippen LogP contribution in [0, 0.1) is 5.82 Å². The molecule has 0 saturated carbocycles. The fourth-order valence-corrected chi connectivity index (χ4v) is 2.74. The quantitative estimate of drug-likeness (QED) is 0.615. The fourth-order valence-electron chi connectivity index (χ4n) is 2.23. The number of hydrogen-bond acceptors (Lipinski definition) is 2. The van der Waals surface area contributed by atoms with Crippen LogP contribution in [0.1, 0.15) is 18.9 Å². The van der Waals surface area contributed by atoms with Gasteiger partial charge >= 0.3 is 12.1 Å². The average molecular weight is 359 g/mol. The lowest BCUT2D eigenvalue weighted by Gasteiger charge is -2.39. The Hall–Kier alpha value is -1.47. The molecule has 0 aliphatic carbocycles. The van der Waals surface area contributed by atoms with Gasteiger partial charge in [0.1, 0.15) is 5.75 Å². The zero-order valence-electron chi connectivity index (χ0n) is 10.9. The normalized spacial score (nSPS) is 21.0. The molecule has 3 nitrogen and oxygen atoms in total. The lowest BCUT2D eigenvalue weighted by Crippen LogP contribution is -2.54. The van der Waals surface area contributed by atoms with Crippen LogP contribution in [0.25, 0.3) is 6.08 Å². The van der Waals surface area contributed by atoms with Crippen molar-refractivity contribution in [2.45, 2.75) is 25.1 Å². The molecule has 1 heterocycles. The maximum Gasteiger partial charge on any atom is 0.432 e. The first kappa shape index (κ1) is 16.9. The van der Waals surface area contributed by atoms with Gasteiger partial charge in [-0.05, 0) is 18.6 Å². The maximum absolute atomic E-state index is 14.0. The molecule has 1 aromatic rings. The number of carboxylic acids is 1. The Morgan fingerprint density at radius 3 is 2.41 bits per heavy atom. The van der Waals surface area contributed by atoms with Crippen LogP contribution in [0.4, 0.5) is 17.6 Å². The summed E-state index contributed by atoms with van der Waals surface area (Å²) in [7, 11) is 0. The van der Waals surface area contributed by atoms with Crippen LogP contribution in [-0.2, 0) is 4.79 Å². The van der Waals surface area contributed by atoms with Crippen molar-refractivity contribution in [2.24, 2.45) is 0 Å². The van der Waals surface area contributed by atoms with Gasteiger partial charge in [-0.3, -0.25) is 0 Å². The summed E-state index contributed by atoms with van der Waals surface area (Å²) in [5, 5.41) is 8.29. The number of rotatable bonds is 2. The van der Waals surface area contributed by atoms with E-state index in [1.807, 2.05) is 0 Å². The molecule has 0 saturated heterocycles. The van der Waals surface area contributed by atoms with Gasteiger partial charge in [0.25, 0.3) is 0 Å². The third kappa shape index (κ3) is 2.32. The van der Waals surface area contributed by atoms with Crippen molar-refractivity contribution in [1.29, 1.82) is 0 Å². The standard InChI is InChI=1S/C13H8Cl2F4O3/c1-2-12(13(17,18)19)6(11(20)21)3-5-9(16)7(14)4-8(15)10(5)22-12/h3-4H,2H2,1H3,(H,20,21).